The second-order valence-electron chi connectivity index (χ2n) is 5.81. The number of hydrogen-bond acceptors (Lipinski definition) is 3. The van der Waals surface area contributed by atoms with Crippen LogP contribution in [0.1, 0.15) is 47.5 Å². The standard InChI is InChI=1S/C12H24N2O2.ClH/c1-11(2,3)9(15)10(16)14-12(4,5)7-6-8-13;/h6-8,13H2,1-5H3,(H,14,16);1H. The third-order valence-corrected chi connectivity index (χ3v) is 2.35. The maximum atomic E-state index is 11.7. The Morgan fingerprint density at radius 1 is 1.12 bits per heavy atom. The summed E-state index contributed by atoms with van der Waals surface area (Å²) in [6.45, 7) is 9.60. The van der Waals surface area contributed by atoms with E-state index in [-0.39, 0.29) is 23.7 Å². The number of amides is 1. The van der Waals surface area contributed by atoms with Crippen molar-refractivity contribution in [3.63, 3.8) is 0 Å². The Balaban J connectivity index is 0. The summed E-state index contributed by atoms with van der Waals surface area (Å²) in [5.74, 6) is -0.886. The van der Waals surface area contributed by atoms with Gasteiger partial charge in [0.15, 0.2) is 0 Å². The topological polar surface area (TPSA) is 72.2 Å². The van der Waals surface area contributed by atoms with Gasteiger partial charge in [-0.05, 0) is 33.2 Å². The highest BCUT2D eigenvalue weighted by atomic mass is 35.5. The van der Waals surface area contributed by atoms with Crippen LogP contribution in [0.4, 0.5) is 0 Å². The van der Waals surface area contributed by atoms with Gasteiger partial charge in [0.25, 0.3) is 5.91 Å². The number of hydrogen-bond donors (Lipinski definition) is 2. The normalized spacial score (nSPS) is 11.6. The molecular weight excluding hydrogens is 240 g/mol. The summed E-state index contributed by atoms with van der Waals surface area (Å²) in [4.78, 5) is 23.4. The van der Waals surface area contributed by atoms with E-state index in [0.717, 1.165) is 12.8 Å². The van der Waals surface area contributed by atoms with Crippen LogP contribution < -0.4 is 11.1 Å². The smallest absolute Gasteiger partial charge is 0.288 e. The van der Waals surface area contributed by atoms with Crippen molar-refractivity contribution in [2.24, 2.45) is 11.1 Å². The predicted molar refractivity (Wildman–Crippen MR) is 72.2 cm³/mol. The molecule has 0 aromatic rings. The van der Waals surface area contributed by atoms with Crippen molar-refractivity contribution in [1.29, 1.82) is 0 Å². The molecule has 0 radical (unpaired) electrons. The minimum atomic E-state index is -0.631. The summed E-state index contributed by atoms with van der Waals surface area (Å²) >= 11 is 0. The quantitative estimate of drug-likeness (QED) is 0.742. The number of carbonyl (C=O) groups is 2. The third kappa shape index (κ3) is 7.34. The van der Waals surface area contributed by atoms with Crippen molar-refractivity contribution in [2.45, 2.75) is 53.0 Å². The van der Waals surface area contributed by atoms with Crippen molar-refractivity contribution in [3.8, 4) is 0 Å². The first-order valence-corrected chi connectivity index (χ1v) is 5.67. The molecule has 0 saturated heterocycles. The fourth-order valence-electron chi connectivity index (χ4n) is 1.31. The van der Waals surface area contributed by atoms with Gasteiger partial charge in [0.2, 0.25) is 5.78 Å². The maximum Gasteiger partial charge on any atom is 0.288 e. The van der Waals surface area contributed by atoms with Crippen LogP contribution in [0.15, 0.2) is 0 Å². The molecule has 0 heterocycles. The average molecular weight is 265 g/mol. The molecule has 17 heavy (non-hydrogen) atoms. The molecule has 4 nitrogen and oxygen atoms in total. The number of carbonyl (C=O) groups excluding carboxylic acids is 2. The Bertz CT molecular complexity index is 270. The molecule has 0 aliphatic heterocycles. The van der Waals surface area contributed by atoms with Crippen LogP contribution >= 0.6 is 12.4 Å². The second kappa shape index (κ2) is 6.97. The minimum absolute atomic E-state index is 0. The number of nitrogens with one attached hydrogen (secondary N) is 1. The van der Waals surface area contributed by atoms with Crippen LogP contribution in [0.3, 0.4) is 0 Å². The predicted octanol–water partition coefficient (Wildman–Crippen LogP) is 1.66. The van der Waals surface area contributed by atoms with Crippen LogP contribution in [0.5, 0.6) is 0 Å². The highest BCUT2D eigenvalue weighted by Gasteiger charge is 2.31. The van der Waals surface area contributed by atoms with Crippen molar-refractivity contribution < 1.29 is 9.59 Å². The zero-order chi connectivity index (χ0) is 13.0. The first-order chi connectivity index (χ1) is 7.10. The number of halogens is 1. The van der Waals surface area contributed by atoms with E-state index in [1.807, 2.05) is 13.8 Å². The van der Waals surface area contributed by atoms with Gasteiger partial charge in [0.1, 0.15) is 0 Å². The highest BCUT2D eigenvalue weighted by Crippen LogP contribution is 2.16. The third-order valence-electron chi connectivity index (χ3n) is 2.35. The van der Waals surface area contributed by atoms with Gasteiger partial charge in [-0.25, -0.2) is 0 Å². The van der Waals surface area contributed by atoms with E-state index in [1.54, 1.807) is 20.8 Å². The zero-order valence-electron chi connectivity index (χ0n) is 11.4. The lowest BCUT2D eigenvalue weighted by molar-refractivity contribution is -0.143. The summed E-state index contributed by atoms with van der Waals surface area (Å²) in [5, 5.41) is 2.75. The van der Waals surface area contributed by atoms with E-state index < -0.39 is 11.3 Å². The Kier molecular flexibility index (Phi) is 7.68. The summed E-state index contributed by atoms with van der Waals surface area (Å²) in [6.07, 6.45) is 1.60. The van der Waals surface area contributed by atoms with Gasteiger partial charge in [0, 0.05) is 11.0 Å². The molecule has 0 aromatic heterocycles. The molecule has 3 N–H and O–H groups in total. The number of rotatable bonds is 5. The van der Waals surface area contributed by atoms with E-state index in [4.69, 9.17) is 5.73 Å². The van der Waals surface area contributed by atoms with Crippen molar-refractivity contribution in [1.82, 2.24) is 5.32 Å². The largest absolute Gasteiger partial charge is 0.345 e. The van der Waals surface area contributed by atoms with E-state index in [1.165, 1.54) is 0 Å². The van der Waals surface area contributed by atoms with Gasteiger partial charge in [-0.3, -0.25) is 9.59 Å². The van der Waals surface area contributed by atoms with Gasteiger partial charge < -0.3 is 11.1 Å². The molecule has 0 atom stereocenters. The first kappa shape index (κ1) is 18.7. The van der Waals surface area contributed by atoms with Crippen LogP contribution in [-0.4, -0.2) is 23.8 Å². The van der Waals surface area contributed by atoms with E-state index in [9.17, 15) is 9.59 Å². The number of ketones is 1. The molecule has 0 spiro atoms. The molecular formula is C12H25ClN2O2. The summed E-state index contributed by atoms with van der Waals surface area (Å²) in [7, 11) is 0. The Labute approximate surface area is 110 Å². The highest BCUT2D eigenvalue weighted by molar-refractivity contribution is 6.38. The summed E-state index contributed by atoms with van der Waals surface area (Å²) in [5.41, 5.74) is 4.41. The van der Waals surface area contributed by atoms with Crippen LogP contribution in [0.2, 0.25) is 0 Å². The molecule has 5 heteroatoms. The Hall–Kier alpha value is -0.610. The molecule has 0 saturated carbocycles. The van der Waals surface area contributed by atoms with Crippen molar-refractivity contribution in [2.75, 3.05) is 6.54 Å². The van der Waals surface area contributed by atoms with Crippen LogP contribution in [0, 0.1) is 5.41 Å². The van der Waals surface area contributed by atoms with Crippen molar-refractivity contribution >= 4 is 24.1 Å². The van der Waals surface area contributed by atoms with E-state index >= 15 is 0 Å². The lowest BCUT2D eigenvalue weighted by Crippen LogP contribution is -2.49. The summed E-state index contributed by atoms with van der Waals surface area (Å²) < 4.78 is 0. The van der Waals surface area contributed by atoms with Crippen LogP contribution in [0.25, 0.3) is 0 Å². The lowest BCUT2D eigenvalue weighted by atomic mass is 9.89. The molecule has 0 aromatic carbocycles. The fourth-order valence-corrected chi connectivity index (χ4v) is 1.31. The molecule has 0 aliphatic carbocycles. The fraction of sp³-hybridized carbons (Fsp3) is 0.833. The van der Waals surface area contributed by atoms with Gasteiger partial charge >= 0.3 is 0 Å². The lowest BCUT2D eigenvalue weighted by Gasteiger charge is -2.27. The Morgan fingerprint density at radius 3 is 1.94 bits per heavy atom. The number of nitrogens with two attached hydrogens (primary N) is 1. The molecule has 0 aliphatic rings. The molecule has 0 unspecified atom stereocenters. The average Bonchev–Trinajstić information content (AvgIpc) is 2.11. The molecule has 0 bridgehead atoms. The summed E-state index contributed by atoms with van der Waals surface area (Å²) in [6, 6.07) is 0. The van der Waals surface area contributed by atoms with Crippen molar-refractivity contribution in [3.05, 3.63) is 0 Å². The van der Waals surface area contributed by atoms with Gasteiger partial charge in [-0.15, -0.1) is 12.4 Å². The minimum Gasteiger partial charge on any atom is -0.345 e. The van der Waals surface area contributed by atoms with Gasteiger partial charge in [-0.1, -0.05) is 20.8 Å². The van der Waals surface area contributed by atoms with Crippen LogP contribution in [-0.2, 0) is 9.59 Å². The SMILES string of the molecule is CC(C)(CCCN)NC(=O)C(=O)C(C)(C)C.Cl. The zero-order valence-corrected chi connectivity index (χ0v) is 12.2. The maximum absolute atomic E-state index is 11.7. The molecule has 1 amide bonds. The Morgan fingerprint density at radius 2 is 1.59 bits per heavy atom. The monoisotopic (exact) mass is 264 g/mol. The van der Waals surface area contributed by atoms with E-state index in [0.29, 0.717) is 6.54 Å². The number of Topliss-reactive ketones (excluding diaryl/α,β-unsaturated/α-hetero) is 1. The first-order valence-electron chi connectivity index (χ1n) is 5.67. The molecule has 0 fully saturated rings. The molecule has 102 valence electrons. The van der Waals surface area contributed by atoms with Gasteiger partial charge in [0.05, 0.1) is 0 Å². The van der Waals surface area contributed by atoms with Gasteiger partial charge in [-0.2, -0.15) is 0 Å². The second-order valence-corrected chi connectivity index (χ2v) is 5.81. The molecule has 0 rings (SSSR count). The van der Waals surface area contributed by atoms with E-state index in [2.05, 4.69) is 5.32 Å².